The zero-order chi connectivity index (χ0) is 10.1. The molecule has 13 heavy (non-hydrogen) atoms. The van der Waals surface area contributed by atoms with E-state index in [1.807, 2.05) is 13.8 Å². The number of rotatable bonds is 3. The van der Waals surface area contributed by atoms with Crippen molar-refractivity contribution < 1.29 is 8.42 Å². The van der Waals surface area contributed by atoms with Crippen LogP contribution < -0.4 is 5.14 Å². The quantitative estimate of drug-likeness (QED) is 0.738. The third kappa shape index (κ3) is 2.82. The van der Waals surface area contributed by atoms with Crippen LogP contribution in [0.15, 0.2) is 6.33 Å². The fourth-order valence-corrected chi connectivity index (χ4v) is 1.45. The summed E-state index contributed by atoms with van der Waals surface area (Å²) in [5.41, 5.74) is 1.89. The molecule has 0 bridgehead atoms. The highest BCUT2D eigenvalue weighted by Crippen LogP contribution is 2.03. The first-order valence-corrected chi connectivity index (χ1v) is 5.60. The second kappa shape index (κ2) is 3.47. The fourth-order valence-electron chi connectivity index (χ4n) is 0.995. The van der Waals surface area contributed by atoms with Crippen LogP contribution in [0.25, 0.3) is 0 Å². The number of primary sulfonamides is 1. The molecule has 74 valence electrons. The van der Waals surface area contributed by atoms with Gasteiger partial charge in [0.25, 0.3) is 0 Å². The van der Waals surface area contributed by atoms with Crippen LogP contribution in [-0.4, -0.2) is 23.7 Å². The monoisotopic (exact) mass is 203 g/mol. The highest BCUT2D eigenvalue weighted by molar-refractivity contribution is 7.89. The van der Waals surface area contributed by atoms with Gasteiger partial charge in [-0.15, -0.1) is 0 Å². The van der Waals surface area contributed by atoms with Gasteiger partial charge in [0, 0.05) is 12.2 Å². The van der Waals surface area contributed by atoms with Crippen molar-refractivity contribution in [3.63, 3.8) is 0 Å². The summed E-state index contributed by atoms with van der Waals surface area (Å²) in [6.07, 6.45) is 1.62. The van der Waals surface area contributed by atoms with Crippen molar-refractivity contribution in [3.8, 4) is 0 Å². The Morgan fingerprint density at radius 2 is 2.15 bits per heavy atom. The lowest BCUT2D eigenvalue weighted by Gasteiger charge is -2.03. The molecule has 0 amide bonds. The number of sulfonamides is 1. The minimum Gasteiger partial charge on any atom is -0.334 e. The van der Waals surface area contributed by atoms with Gasteiger partial charge in [-0.1, -0.05) is 0 Å². The molecule has 0 saturated carbocycles. The molecule has 1 rings (SSSR count). The Balaban J connectivity index is 2.71. The summed E-state index contributed by atoms with van der Waals surface area (Å²) in [6.45, 7) is 4.14. The van der Waals surface area contributed by atoms with E-state index in [0.29, 0.717) is 6.54 Å². The smallest absolute Gasteiger partial charge is 0.210 e. The Kier molecular flexibility index (Phi) is 2.72. The number of aromatic nitrogens is 2. The minimum absolute atomic E-state index is 0.0519. The topological polar surface area (TPSA) is 78.0 Å². The molecule has 0 radical (unpaired) electrons. The van der Waals surface area contributed by atoms with Gasteiger partial charge in [-0.2, -0.15) is 0 Å². The van der Waals surface area contributed by atoms with E-state index in [1.54, 1.807) is 10.9 Å². The SMILES string of the molecule is Cc1ncn(CCS(N)(=O)=O)c1C. The van der Waals surface area contributed by atoms with Crippen LogP contribution in [-0.2, 0) is 16.6 Å². The number of imidazole rings is 1. The average Bonchev–Trinajstić information content (AvgIpc) is 2.29. The van der Waals surface area contributed by atoms with Gasteiger partial charge in [0.1, 0.15) is 0 Å². The zero-order valence-corrected chi connectivity index (χ0v) is 8.50. The Bertz CT molecular complexity index is 394. The molecule has 0 aliphatic rings. The molecule has 0 atom stereocenters. The van der Waals surface area contributed by atoms with Crippen molar-refractivity contribution in [1.82, 2.24) is 9.55 Å². The van der Waals surface area contributed by atoms with Gasteiger partial charge in [-0.25, -0.2) is 18.5 Å². The Morgan fingerprint density at radius 3 is 2.54 bits per heavy atom. The Morgan fingerprint density at radius 1 is 1.54 bits per heavy atom. The molecule has 5 nitrogen and oxygen atoms in total. The van der Waals surface area contributed by atoms with Crippen molar-refractivity contribution in [3.05, 3.63) is 17.7 Å². The van der Waals surface area contributed by atoms with E-state index < -0.39 is 10.0 Å². The molecule has 0 spiro atoms. The lowest BCUT2D eigenvalue weighted by atomic mass is 10.4. The molecule has 0 unspecified atom stereocenters. The van der Waals surface area contributed by atoms with Crippen LogP contribution in [0.3, 0.4) is 0 Å². The van der Waals surface area contributed by atoms with Crippen LogP contribution in [0, 0.1) is 13.8 Å². The molecule has 2 N–H and O–H groups in total. The van der Waals surface area contributed by atoms with Crippen LogP contribution in [0.4, 0.5) is 0 Å². The van der Waals surface area contributed by atoms with Crippen LogP contribution in [0.5, 0.6) is 0 Å². The van der Waals surface area contributed by atoms with Crippen molar-refractivity contribution in [2.75, 3.05) is 5.75 Å². The van der Waals surface area contributed by atoms with E-state index in [-0.39, 0.29) is 5.75 Å². The first-order valence-electron chi connectivity index (χ1n) is 3.89. The summed E-state index contributed by atoms with van der Waals surface area (Å²) in [6, 6.07) is 0. The zero-order valence-electron chi connectivity index (χ0n) is 7.69. The number of aryl methyl sites for hydroxylation is 2. The van der Waals surface area contributed by atoms with Crippen LogP contribution in [0.2, 0.25) is 0 Å². The summed E-state index contributed by atoms with van der Waals surface area (Å²) in [7, 11) is -3.38. The van der Waals surface area contributed by atoms with Gasteiger partial charge in [0.15, 0.2) is 0 Å². The van der Waals surface area contributed by atoms with Crippen molar-refractivity contribution >= 4 is 10.0 Å². The second-order valence-electron chi connectivity index (χ2n) is 2.98. The number of nitrogens with zero attached hydrogens (tertiary/aromatic N) is 2. The Hall–Kier alpha value is -0.880. The van der Waals surface area contributed by atoms with E-state index in [2.05, 4.69) is 4.98 Å². The van der Waals surface area contributed by atoms with Crippen LogP contribution in [0.1, 0.15) is 11.4 Å². The van der Waals surface area contributed by atoms with Gasteiger partial charge in [-0.3, -0.25) is 0 Å². The predicted molar refractivity (Wildman–Crippen MR) is 49.7 cm³/mol. The average molecular weight is 203 g/mol. The minimum atomic E-state index is -3.38. The van der Waals surface area contributed by atoms with Gasteiger partial charge in [-0.05, 0) is 13.8 Å². The van der Waals surface area contributed by atoms with E-state index in [4.69, 9.17) is 5.14 Å². The third-order valence-corrected chi connectivity index (χ3v) is 2.71. The fraction of sp³-hybridized carbons (Fsp3) is 0.571. The number of hydrogen-bond acceptors (Lipinski definition) is 3. The second-order valence-corrected chi connectivity index (χ2v) is 4.71. The molecule has 0 aliphatic carbocycles. The molecule has 0 fully saturated rings. The highest BCUT2D eigenvalue weighted by Gasteiger charge is 2.06. The number of hydrogen-bond donors (Lipinski definition) is 1. The summed E-state index contributed by atoms with van der Waals surface area (Å²) < 4.78 is 23.1. The van der Waals surface area contributed by atoms with Gasteiger partial charge >= 0.3 is 0 Å². The molecule has 1 heterocycles. The van der Waals surface area contributed by atoms with E-state index >= 15 is 0 Å². The van der Waals surface area contributed by atoms with E-state index in [9.17, 15) is 8.42 Å². The van der Waals surface area contributed by atoms with Gasteiger partial charge in [0.2, 0.25) is 10.0 Å². The van der Waals surface area contributed by atoms with Gasteiger partial charge < -0.3 is 4.57 Å². The number of nitrogens with two attached hydrogens (primary N) is 1. The molecular formula is C7H13N3O2S. The Labute approximate surface area is 77.6 Å². The molecular weight excluding hydrogens is 190 g/mol. The lowest BCUT2D eigenvalue weighted by Crippen LogP contribution is -2.20. The maximum Gasteiger partial charge on any atom is 0.210 e. The van der Waals surface area contributed by atoms with E-state index in [0.717, 1.165) is 11.4 Å². The first kappa shape index (κ1) is 10.2. The summed E-state index contributed by atoms with van der Waals surface area (Å²) in [4.78, 5) is 4.04. The van der Waals surface area contributed by atoms with Gasteiger partial charge in [0.05, 0.1) is 17.8 Å². The molecule has 0 aliphatic heterocycles. The molecule has 1 aromatic rings. The molecule has 1 aromatic heterocycles. The molecule has 0 saturated heterocycles. The van der Waals surface area contributed by atoms with Crippen molar-refractivity contribution in [2.24, 2.45) is 5.14 Å². The summed E-state index contributed by atoms with van der Waals surface area (Å²) in [5, 5.41) is 4.88. The van der Waals surface area contributed by atoms with E-state index in [1.165, 1.54) is 0 Å². The maximum absolute atomic E-state index is 10.7. The highest BCUT2D eigenvalue weighted by atomic mass is 32.2. The summed E-state index contributed by atoms with van der Waals surface area (Å²) in [5.74, 6) is -0.0519. The predicted octanol–water partition coefficient (Wildman–Crippen LogP) is -0.212. The first-order chi connectivity index (χ1) is 5.90. The van der Waals surface area contributed by atoms with Crippen molar-refractivity contribution in [1.29, 1.82) is 0 Å². The molecule has 6 heteroatoms. The lowest BCUT2D eigenvalue weighted by molar-refractivity contribution is 0.589. The maximum atomic E-state index is 10.7. The van der Waals surface area contributed by atoms with Crippen molar-refractivity contribution in [2.45, 2.75) is 20.4 Å². The third-order valence-electron chi connectivity index (χ3n) is 1.96. The normalized spacial score (nSPS) is 11.9. The van der Waals surface area contributed by atoms with Crippen LogP contribution >= 0.6 is 0 Å². The standard InChI is InChI=1S/C7H13N3O2S/c1-6-7(2)10(5-9-6)3-4-13(8,11)12/h5H,3-4H2,1-2H3,(H2,8,11,12). The molecule has 0 aromatic carbocycles. The largest absolute Gasteiger partial charge is 0.334 e. The summed E-state index contributed by atoms with van der Waals surface area (Å²) >= 11 is 0.